The van der Waals surface area contributed by atoms with E-state index in [-0.39, 0.29) is 6.54 Å². The van der Waals surface area contributed by atoms with Gasteiger partial charge in [0.15, 0.2) is 5.96 Å². The highest BCUT2D eigenvalue weighted by Crippen LogP contribution is 2.16. The number of benzene rings is 1. The number of hydrogen-bond acceptors (Lipinski definition) is 3. The first-order valence-corrected chi connectivity index (χ1v) is 8.50. The van der Waals surface area contributed by atoms with Gasteiger partial charge < -0.3 is 15.7 Å². The summed E-state index contributed by atoms with van der Waals surface area (Å²) in [5.74, 6) is 0.700. The molecule has 2 rings (SSSR count). The summed E-state index contributed by atoms with van der Waals surface area (Å²) in [5, 5.41) is 21.5. The topological polar surface area (TPSA) is 74.5 Å². The number of aliphatic imine (C=N–C) groups is 1. The smallest absolute Gasteiger partial charge is 0.191 e. The lowest BCUT2D eigenvalue weighted by Crippen LogP contribution is -2.38. The Hall–Kier alpha value is -2.05. The second-order valence-electron chi connectivity index (χ2n) is 5.34. The molecule has 0 fully saturated rings. The molecule has 1 aromatic carbocycles. The van der Waals surface area contributed by atoms with Crippen LogP contribution < -0.4 is 10.6 Å². The molecule has 7 heteroatoms. The average Bonchev–Trinajstić information content (AvgIpc) is 3.10. The van der Waals surface area contributed by atoms with Crippen molar-refractivity contribution in [1.29, 1.82) is 0 Å². The fraction of sp³-hybridized carbons (Fsp3) is 0.412. The lowest BCUT2D eigenvalue weighted by atomic mass is 10.1. The molecule has 1 atom stereocenters. The number of halogens is 1. The maximum Gasteiger partial charge on any atom is 0.191 e. The van der Waals surface area contributed by atoms with E-state index in [9.17, 15) is 5.11 Å². The minimum absolute atomic E-state index is 0.288. The van der Waals surface area contributed by atoms with Gasteiger partial charge >= 0.3 is 0 Å². The quantitative estimate of drug-likeness (QED) is 0.388. The van der Waals surface area contributed by atoms with E-state index in [2.05, 4.69) is 20.7 Å². The number of nitrogens with one attached hydrogen (secondary N) is 2. The molecule has 0 saturated heterocycles. The molecule has 1 unspecified atom stereocenters. The Kier molecular flexibility index (Phi) is 7.58. The molecule has 0 aliphatic heterocycles. The van der Waals surface area contributed by atoms with E-state index in [0.29, 0.717) is 11.0 Å². The lowest BCUT2D eigenvalue weighted by Gasteiger charge is -2.13. The standard InChI is InChI=1S/C17H24ClN5O/c1-2-19-17(20-9-3-11-23-12-4-10-22-23)21-13-16(24)14-5-7-15(18)8-6-14/h4-8,10,12,16,24H,2-3,9,11,13H2,1H3,(H2,19,20,21). The van der Waals surface area contributed by atoms with Gasteiger partial charge in [-0.15, -0.1) is 0 Å². The van der Waals surface area contributed by atoms with Crippen LogP contribution in [0, 0.1) is 0 Å². The van der Waals surface area contributed by atoms with Crippen molar-refractivity contribution in [3.8, 4) is 0 Å². The molecule has 1 heterocycles. The first-order chi connectivity index (χ1) is 11.7. The monoisotopic (exact) mass is 349 g/mol. The largest absolute Gasteiger partial charge is 0.386 e. The lowest BCUT2D eigenvalue weighted by molar-refractivity contribution is 0.187. The Morgan fingerprint density at radius 1 is 1.33 bits per heavy atom. The third kappa shape index (κ3) is 6.22. The molecule has 0 aliphatic rings. The second kappa shape index (κ2) is 9.95. The van der Waals surface area contributed by atoms with Crippen LogP contribution in [0.1, 0.15) is 25.0 Å². The van der Waals surface area contributed by atoms with E-state index in [1.165, 1.54) is 0 Å². The number of aliphatic hydroxyl groups is 1. The fourth-order valence-electron chi connectivity index (χ4n) is 2.19. The summed E-state index contributed by atoms with van der Waals surface area (Å²) in [6.45, 7) is 4.70. The highest BCUT2D eigenvalue weighted by atomic mass is 35.5. The van der Waals surface area contributed by atoms with Gasteiger partial charge in [-0.25, -0.2) is 0 Å². The van der Waals surface area contributed by atoms with Gasteiger partial charge in [-0.1, -0.05) is 23.7 Å². The minimum Gasteiger partial charge on any atom is -0.386 e. The Morgan fingerprint density at radius 2 is 2.12 bits per heavy atom. The molecule has 1 aromatic heterocycles. The zero-order valence-corrected chi connectivity index (χ0v) is 14.6. The van der Waals surface area contributed by atoms with E-state index in [0.717, 1.165) is 31.6 Å². The molecule has 3 N–H and O–H groups in total. The number of aliphatic hydroxyl groups excluding tert-OH is 1. The van der Waals surface area contributed by atoms with Gasteiger partial charge in [-0.05, 0) is 37.1 Å². The van der Waals surface area contributed by atoms with Crippen molar-refractivity contribution < 1.29 is 5.11 Å². The average molecular weight is 350 g/mol. The van der Waals surface area contributed by atoms with Crippen molar-refractivity contribution in [1.82, 2.24) is 20.4 Å². The maximum atomic E-state index is 10.2. The zero-order valence-electron chi connectivity index (χ0n) is 13.8. The molecular formula is C17H24ClN5O. The Balaban J connectivity index is 1.79. The van der Waals surface area contributed by atoms with E-state index in [4.69, 9.17) is 11.6 Å². The molecule has 0 saturated carbocycles. The van der Waals surface area contributed by atoms with Crippen LogP contribution in [0.2, 0.25) is 5.02 Å². The predicted octanol–water partition coefficient (Wildman–Crippen LogP) is 2.22. The first kappa shape index (κ1) is 18.3. The molecule has 0 bridgehead atoms. The molecule has 0 radical (unpaired) electrons. The number of rotatable bonds is 8. The molecule has 0 aliphatic carbocycles. The number of aromatic nitrogens is 2. The van der Waals surface area contributed by atoms with Crippen LogP contribution in [0.3, 0.4) is 0 Å². The highest BCUT2D eigenvalue weighted by Gasteiger charge is 2.07. The van der Waals surface area contributed by atoms with Gasteiger partial charge in [-0.3, -0.25) is 9.67 Å². The zero-order chi connectivity index (χ0) is 17.2. The number of aryl methyl sites for hydroxylation is 1. The van der Waals surface area contributed by atoms with Gasteiger partial charge in [0.25, 0.3) is 0 Å². The van der Waals surface area contributed by atoms with Crippen molar-refractivity contribution >= 4 is 17.6 Å². The Bertz CT molecular complexity index is 612. The van der Waals surface area contributed by atoms with Crippen molar-refractivity contribution in [2.24, 2.45) is 4.99 Å². The fourth-order valence-corrected chi connectivity index (χ4v) is 2.32. The summed E-state index contributed by atoms with van der Waals surface area (Å²) >= 11 is 5.86. The van der Waals surface area contributed by atoms with Crippen molar-refractivity contribution in [3.05, 3.63) is 53.3 Å². The third-order valence-electron chi connectivity index (χ3n) is 3.44. The first-order valence-electron chi connectivity index (χ1n) is 8.12. The molecule has 2 aromatic rings. The maximum absolute atomic E-state index is 10.2. The van der Waals surface area contributed by atoms with Crippen molar-refractivity contribution in [2.75, 3.05) is 19.6 Å². The summed E-state index contributed by atoms with van der Waals surface area (Å²) in [6.07, 6.45) is 4.01. The summed E-state index contributed by atoms with van der Waals surface area (Å²) in [7, 11) is 0. The molecular weight excluding hydrogens is 326 g/mol. The van der Waals surface area contributed by atoms with Gasteiger partial charge in [0.05, 0.1) is 12.6 Å². The highest BCUT2D eigenvalue weighted by molar-refractivity contribution is 6.30. The van der Waals surface area contributed by atoms with Crippen LogP contribution in [0.25, 0.3) is 0 Å². The summed E-state index contributed by atoms with van der Waals surface area (Å²) < 4.78 is 1.90. The van der Waals surface area contributed by atoms with Crippen LogP contribution in [0.4, 0.5) is 0 Å². The van der Waals surface area contributed by atoms with E-state index in [1.807, 2.05) is 36.0 Å². The normalized spacial score (nSPS) is 12.9. The van der Waals surface area contributed by atoms with E-state index >= 15 is 0 Å². The second-order valence-corrected chi connectivity index (χ2v) is 5.77. The molecule has 0 spiro atoms. The number of guanidine groups is 1. The van der Waals surface area contributed by atoms with Gasteiger partial charge in [0, 0.05) is 37.1 Å². The number of nitrogens with zero attached hydrogens (tertiary/aromatic N) is 3. The van der Waals surface area contributed by atoms with Crippen molar-refractivity contribution in [2.45, 2.75) is 26.0 Å². The summed E-state index contributed by atoms with van der Waals surface area (Å²) in [6, 6.07) is 9.07. The molecule has 24 heavy (non-hydrogen) atoms. The molecule has 6 nitrogen and oxygen atoms in total. The SMILES string of the molecule is CCNC(=NCC(O)c1ccc(Cl)cc1)NCCCn1cccn1. The third-order valence-corrected chi connectivity index (χ3v) is 3.69. The van der Waals surface area contributed by atoms with Crippen LogP contribution >= 0.6 is 11.6 Å². The summed E-state index contributed by atoms with van der Waals surface area (Å²) in [4.78, 5) is 4.44. The molecule has 130 valence electrons. The van der Waals surface area contributed by atoms with E-state index < -0.39 is 6.10 Å². The summed E-state index contributed by atoms with van der Waals surface area (Å²) in [5.41, 5.74) is 0.803. The predicted molar refractivity (Wildman–Crippen MR) is 97.2 cm³/mol. The molecule has 0 amide bonds. The van der Waals surface area contributed by atoms with Gasteiger partial charge in [-0.2, -0.15) is 5.10 Å². The Labute approximate surface area is 147 Å². The minimum atomic E-state index is -0.651. The van der Waals surface area contributed by atoms with Gasteiger partial charge in [0.2, 0.25) is 0 Å². The number of hydrogen-bond donors (Lipinski definition) is 3. The van der Waals surface area contributed by atoms with Crippen LogP contribution in [0.5, 0.6) is 0 Å². The van der Waals surface area contributed by atoms with Gasteiger partial charge in [0.1, 0.15) is 0 Å². The van der Waals surface area contributed by atoms with Crippen LogP contribution in [-0.4, -0.2) is 40.5 Å². The van der Waals surface area contributed by atoms with Crippen LogP contribution in [-0.2, 0) is 6.54 Å². The Morgan fingerprint density at radius 3 is 2.79 bits per heavy atom. The van der Waals surface area contributed by atoms with Crippen molar-refractivity contribution in [3.63, 3.8) is 0 Å². The van der Waals surface area contributed by atoms with E-state index in [1.54, 1.807) is 18.3 Å². The van der Waals surface area contributed by atoms with Crippen LogP contribution in [0.15, 0.2) is 47.7 Å².